The third kappa shape index (κ3) is 3.23. The Morgan fingerprint density at radius 3 is 2.28 bits per heavy atom. The summed E-state index contributed by atoms with van der Waals surface area (Å²) in [6.07, 6.45) is 0. The molecule has 1 spiro atoms. The van der Waals surface area contributed by atoms with E-state index in [1.807, 2.05) is 0 Å². The van der Waals surface area contributed by atoms with Crippen molar-refractivity contribution in [3.63, 3.8) is 0 Å². The molecule has 0 saturated carbocycles. The fourth-order valence-corrected chi connectivity index (χ4v) is 4.77. The second-order valence-electron chi connectivity index (χ2n) is 8.24. The lowest BCUT2D eigenvalue weighted by Gasteiger charge is -2.40. The van der Waals surface area contributed by atoms with E-state index >= 15 is 0 Å². The standard InChI is InChI=1S/C26H20N4O5S/c1-15-9-5-6-12-17(15)21(32)20-22(33)23(34)29(18-13-7-8-14-19(18)31)26(20)24(35)27-25(36)30(26)28-16-10-3-2-4-11-16/h2-14,28,31-32H,1H3,(H,27,35,36)/b21-20-. The molecule has 3 aromatic rings. The Balaban J connectivity index is 1.85. The number of carbonyl (C=O) groups excluding carboxylic acids is 3. The summed E-state index contributed by atoms with van der Waals surface area (Å²) in [6, 6.07) is 21.2. The molecule has 0 radical (unpaired) electrons. The van der Waals surface area contributed by atoms with Gasteiger partial charge >= 0.3 is 5.91 Å². The van der Waals surface area contributed by atoms with E-state index in [4.69, 9.17) is 12.2 Å². The molecule has 2 saturated heterocycles. The van der Waals surface area contributed by atoms with Gasteiger partial charge in [-0.05, 0) is 49.0 Å². The minimum Gasteiger partial charge on any atom is -0.507 e. The second-order valence-corrected chi connectivity index (χ2v) is 8.63. The van der Waals surface area contributed by atoms with Gasteiger partial charge in [0.25, 0.3) is 17.4 Å². The molecule has 36 heavy (non-hydrogen) atoms. The van der Waals surface area contributed by atoms with Crippen LogP contribution in [-0.2, 0) is 14.4 Å². The van der Waals surface area contributed by atoms with E-state index in [0.29, 0.717) is 11.3 Å². The Morgan fingerprint density at radius 2 is 1.58 bits per heavy atom. The minimum atomic E-state index is -2.29. The topological polar surface area (TPSA) is 122 Å². The fourth-order valence-electron chi connectivity index (χ4n) is 4.50. The van der Waals surface area contributed by atoms with Crippen molar-refractivity contribution in [2.45, 2.75) is 12.6 Å². The van der Waals surface area contributed by atoms with Gasteiger partial charge in [-0.2, -0.15) is 0 Å². The summed E-state index contributed by atoms with van der Waals surface area (Å²) in [5.41, 5.74) is 1.48. The van der Waals surface area contributed by atoms with Crippen LogP contribution < -0.4 is 15.6 Å². The lowest BCUT2D eigenvalue weighted by molar-refractivity contribution is -0.132. The number of ketones is 1. The highest BCUT2D eigenvalue weighted by atomic mass is 32.1. The summed E-state index contributed by atoms with van der Waals surface area (Å²) in [7, 11) is 0. The first-order chi connectivity index (χ1) is 17.3. The number of benzene rings is 3. The van der Waals surface area contributed by atoms with Gasteiger partial charge in [-0.1, -0.05) is 54.6 Å². The molecule has 2 amide bonds. The second kappa shape index (κ2) is 8.51. The van der Waals surface area contributed by atoms with Crippen molar-refractivity contribution in [1.82, 2.24) is 10.3 Å². The van der Waals surface area contributed by atoms with E-state index in [-0.39, 0.29) is 22.1 Å². The van der Waals surface area contributed by atoms with Crippen molar-refractivity contribution in [2.24, 2.45) is 0 Å². The van der Waals surface area contributed by atoms with Crippen molar-refractivity contribution >= 4 is 52.1 Å². The Labute approximate surface area is 211 Å². The number of hydrogen-bond acceptors (Lipinski definition) is 7. The Kier molecular flexibility index (Phi) is 5.45. The van der Waals surface area contributed by atoms with Gasteiger partial charge in [0.15, 0.2) is 5.11 Å². The number of nitrogens with zero attached hydrogens (tertiary/aromatic N) is 2. The summed E-state index contributed by atoms with van der Waals surface area (Å²) in [4.78, 5) is 41.7. The zero-order chi connectivity index (χ0) is 25.6. The number of carbonyl (C=O) groups is 3. The van der Waals surface area contributed by atoms with Gasteiger partial charge in [0, 0.05) is 5.56 Å². The van der Waals surface area contributed by atoms with Crippen LogP contribution in [0.15, 0.2) is 84.4 Å². The highest BCUT2D eigenvalue weighted by molar-refractivity contribution is 7.80. The number of hydrazine groups is 1. The average Bonchev–Trinajstić information content (AvgIpc) is 3.24. The maximum absolute atomic E-state index is 13.8. The quantitative estimate of drug-likeness (QED) is 0.187. The van der Waals surface area contributed by atoms with Crippen molar-refractivity contribution in [3.8, 4) is 5.75 Å². The van der Waals surface area contributed by atoms with Gasteiger partial charge in [-0.25, -0.2) is 5.01 Å². The minimum absolute atomic E-state index is 0.108. The molecule has 2 aliphatic rings. The van der Waals surface area contributed by atoms with Gasteiger partial charge in [-0.3, -0.25) is 30.0 Å². The molecule has 2 heterocycles. The summed E-state index contributed by atoms with van der Waals surface area (Å²) >= 11 is 5.44. The highest BCUT2D eigenvalue weighted by Gasteiger charge is 2.70. The molecule has 9 nitrogen and oxygen atoms in total. The van der Waals surface area contributed by atoms with Crippen molar-refractivity contribution in [1.29, 1.82) is 0 Å². The number of aromatic hydroxyl groups is 1. The number of phenols is 1. The summed E-state index contributed by atoms with van der Waals surface area (Å²) in [5, 5.41) is 25.7. The Hall–Kier alpha value is -4.70. The van der Waals surface area contributed by atoms with Gasteiger partial charge in [0.2, 0.25) is 0 Å². The van der Waals surface area contributed by atoms with Crippen LogP contribution >= 0.6 is 12.2 Å². The molecule has 0 bridgehead atoms. The van der Waals surface area contributed by atoms with Crippen molar-refractivity contribution in [3.05, 3.63) is 95.6 Å². The molecular weight excluding hydrogens is 480 g/mol. The maximum atomic E-state index is 13.8. The van der Waals surface area contributed by atoms with Gasteiger partial charge < -0.3 is 10.2 Å². The molecule has 2 aliphatic heterocycles. The molecule has 2 fully saturated rings. The zero-order valence-corrected chi connectivity index (χ0v) is 19.7. The molecule has 10 heteroatoms. The third-order valence-corrected chi connectivity index (χ3v) is 6.42. The number of aliphatic hydroxyl groups excluding tert-OH is 1. The number of rotatable bonds is 4. The van der Waals surface area contributed by atoms with Crippen LogP contribution in [0.3, 0.4) is 0 Å². The van der Waals surface area contributed by atoms with E-state index in [0.717, 1.165) is 9.91 Å². The molecule has 3 aromatic carbocycles. The Bertz CT molecular complexity index is 1470. The SMILES string of the molecule is Cc1ccccc1/C(O)=C1\C(=O)C(=O)N(c2ccccc2O)C12C(=O)NC(=S)N2Nc1ccccc1. The van der Waals surface area contributed by atoms with Crippen LogP contribution in [0.25, 0.3) is 5.76 Å². The van der Waals surface area contributed by atoms with E-state index < -0.39 is 34.6 Å². The molecule has 1 unspecified atom stereocenters. The number of anilines is 2. The van der Waals surface area contributed by atoms with Gasteiger partial charge in [0.1, 0.15) is 17.1 Å². The molecule has 5 rings (SSSR count). The molecule has 180 valence electrons. The van der Waals surface area contributed by atoms with Gasteiger partial charge in [0.05, 0.1) is 11.4 Å². The largest absolute Gasteiger partial charge is 0.507 e. The molecule has 0 aliphatic carbocycles. The van der Waals surface area contributed by atoms with Crippen LogP contribution in [-0.4, -0.2) is 43.6 Å². The van der Waals surface area contributed by atoms with Crippen LogP contribution in [0.5, 0.6) is 5.75 Å². The number of nitrogens with one attached hydrogen (secondary N) is 2. The highest BCUT2D eigenvalue weighted by Crippen LogP contribution is 2.47. The van der Waals surface area contributed by atoms with Crippen molar-refractivity contribution in [2.75, 3.05) is 10.3 Å². The number of Topliss-reactive ketones (excluding diaryl/α,β-unsaturated/α-hetero) is 1. The van der Waals surface area contributed by atoms with Crippen LogP contribution in [0, 0.1) is 6.92 Å². The van der Waals surface area contributed by atoms with Crippen molar-refractivity contribution < 1.29 is 24.6 Å². The lowest BCUT2D eigenvalue weighted by Crippen LogP contribution is -2.62. The zero-order valence-electron chi connectivity index (χ0n) is 18.9. The van der Waals surface area contributed by atoms with Crippen LogP contribution in [0.2, 0.25) is 0 Å². The Morgan fingerprint density at radius 1 is 0.944 bits per heavy atom. The number of aliphatic hydroxyl groups is 1. The molecule has 0 aromatic heterocycles. The summed E-state index contributed by atoms with van der Waals surface area (Å²) < 4.78 is 0. The number of hydrogen-bond donors (Lipinski definition) is 4. The maximum Gasteiger partial charge on any atom is 0.302 e. The van der Waals surface area contributed by atoms with E-state index in [9.17, 15) is 24.6 Å². The third-order valence-electron chi connectivity index (χ3n) is 6.13. The van der Waals surface area contributed by atoms with Gasteiger partial charge in [-0.15, -0.1) is 0 Å². The smallest absolute Gasteiger partial charge is 0.302 e. The number of amides is 2. The monoisotopic (exact) mass is 500 g/mol. The fraction of sp³-hybridized carbons (Fsp3) is 0.0769. The summed E-state index contributed by atoms with van der Waals surface area (Å²) in [5.74, 6) is -3.98. The number of phenolic OH excluding ortho intramolecular Hbond substituents is 1. The summed E-state index contributed by atoms with van der Waals surface area (Å²) in [6.45, 7) is 1.72. The number of aryl methyl sites for hydroxylation is 1. The predicted molar refractivity (Wildman–Crippen MR) is 137 cm³/mol. The first kappa shape index (κ1) is 23.1. The number of para-hydroxylation sites is 3. The first-order valence-corrected chi connectivity index (χ1v) is 11.3. The average molecular weight is 501 g/mol. The number of thiocarbonyl (C=S) groups is 1. The van der Waals surface area contributed by atoms with E-state index in [1.54, 1.807) is 67.6 Å². The molecular formula is C26H20N4O5S. The normalized spacial score (nSPS) is 20.8. The van der Waals surface area contributed by atoms with E-state index in [1.165, 1.54) is 18.2 Å². The van der Waals surface area contributed by atoms with Crippen LogP contribution in [0.1, 0.15) is 11.1 Å². The molecule has 4 N–H and O–H groups in total. The molecule has 1 atom stereocenters. The predicted octanol–water partition coefficient (Wildman–Crippen LogP) is 3.03. The first-order valence-electron chi connectivity index (χ1n) is 10.9. The van der Waals surface area contributed by atoms with E-state index in [2.05, 4.69) is 10.7 Å². The lowest BCUT2D eigenvalue weighted by atomic mass is 9.93. The van der Waals surface area contributed by atoms with Crippen LogP contribution in [0.4, 0.5) is 11.4 Å².